The largest absolute Gasteiger partial charge is 0.493 e. The summed E-state index contributed by atoms with van der Waals surface area (Å²) in [5, 5.41) is 8.86. The summed E-state index contributed by atoms with van der Waals surface area (Å²) in [6.45, 7) is 0.174. The molecule has 0 spiro atoms. The topological polar surface area (TPSA) is 63.6 Å². The standard InChI is InChI=1S/C15H13FO4S/c16-12-4-6-14(7-5-12)21(19)9-8-20-13-3-1-2-11(10-13)15(17)18/h1-7,10H,8-9H2,(H,17,18). The highest BCUT2D eigenvalue weighted by Gasteiger charge is 2.06. The van der Waals surface area contributed by atoms with Crippen LogP contribution in [-0.2, 0) is 10.8 Å². The Kier molecular flexibility index (Phi) is 5.05. The molecule has 4 nitrogen and oxygen atoms in total. The van der Waals surface area contributed by atoms with Crippen molar-refractivity contribution in [3.8, 4) is 5.75 Å². The lowest BCUT2D eigenvalue weighted by Crippen LogP contribution is -2.09. The van der Waals surface area contributed by atoms with Gasteiger partial charge in [-0.15, -0.1) is 0 Å². The van der Waals surface area contributed by atoms with Crippen LogP contribution in [-0.4, -0.2) is 27.6 Å². The highest BCUT2D eigenvalue weighted by atomic mass is 32.2. The molecule has 0 aliphatic heterocycles. The molecular weight excluding hydrogens is 295 g/mol. The molecule has 2 aromatic rings. The summed E-state index contributed by atoms with van der Waals surface area (Å²) in [6, 6.07) is 11.5. The second-order valence-corrected chi connectivity index (χ2v) is 5.76. The monoisotopic (exact) mass is 308 g/mol. The Balaban J connectivity index is 1.89. The first-order valence-corrected chi connectivity index (χ1v) is 7.48. The van der Waals surface area contributed by atoms with Gasteiger partial charge in [0.2, 0.25) is 0 Å². The summed E-state index contributed by atoms with van der Waals surface area (Å²) < 4.78 is 30.1. The molecule has 0 bridgehead atoms. The molecule has 0 saturated heterocycles. The number of benzene rings is 2. The SMILES string of the molecule is O=C(O)c1cccc(OCCS(=O)c2ccc(F)cc2)c1. The highest BCUT2D eigenvalue weighted by Crippen LogP contribution is 2.14. The predicted molar refractivity (Wildman–Crippen MR) is 76.6 cm³/mol. The van der Waals surface area contributed by atoms with E-state index in [0.717, 1.165) is 0 Å². The number of hydrogen-bond acceptors (Lipinski definition) is 3. The lowest BCUT2D eigenvalue weighted by atomic mass is 10.2. The van der Waals surface area contributed by atoms with E-state index < -0.39 is 16.8 Å². The number of carboxylic acids is 1. The molecule has 0 amide bonds. The van der Waals surface area contributed by atoms with E-state index in [9.17, 15) is 13.4 Å². The lowest BCUT2D eigenvalue weighted by molar-refractivity contribution is 0.0696. The van der Waals surface area contributed by atoms with E-state index >= 15 is 0 Å². The molecule has 0 fully saturated rings. The number of rotatable bonds is 6. The molecule has 110 valence electrons. The molecule has 2 rings (SSSR count). The van der Waals surface area contributed by atoms with E-state index in [0.29, 0.717) is 10.6 Å². The van der Waals surface area contributed by atoms with Gasteiger partial charge in [0.05, 0.1) is 22.1 Å². The minimum absolute atomic E-state index is 0.132. The zero-order valence-corrected chi connectivity index (χ0v) is 11.8. The molecule has 1 N–H and O–H groups in total. The predicted octanol–water partition coefficient (Wildman–Crippen LogP) is 2.71. The van der Waals surface area contributed by atoms with Crippen LogP contribution >= 0.6 is 0 Å². The third kappa shape index (κ3) is 4.39. The van der Waals surface area contributed by atoms with Gasteiger partial charge in [0.1, 0.15) is 18.2 Å². The van der Waals surface area contributed by atoms with Gasteiger partial charge in [-0.1, -0.05) is 6.07 Å². The van der Waals surface area contributed by atoms with Crippen LogP contribution in [0, 0.1) is 5.82 Å². The maximum Gasteiger partial charge on any atom is 0.335 e. The fraction of sp³-hybridized carbons (Fsp3) is 0.133. The van der Waals surface area contributed by atoms with Gasteiger partial charge in [-0.05, 0) is 42.5 Å². The quantitative estimate of drug-likeness (QED) is 0.891. The zero-order chi connectivity index (χ0) is 15.2. The Morgan fingerprint density at radius 2 is 1.90 bits per heavy atom. The molecule has 0 aromatic heterocycles. The Hall–Kier alpha value is -2.21. The van der Waals surface area contributed by atoms with E-state index in [1.165, 1.54) is 36.4 Å². The molecule has 1 unspecified atom stereocenters. The second-order valence-electron chi connectivity index (χ2n) is 4.19. The van der Waals surface area contributed by atoms with E-state index in [2.05, 4.69) is 0 Å². The van der Waals surface area contributed by atoms with Crippen LogP contribution in [0.4, 0.5) is 4.39 Å². The number of carboxylic acid groups (broad SMARTS) is 1. The fourth-order valence-corrected chi connectivity index (χ4v) is 2.57. The summed E-state index contributed by atoms with van der Waals surface area (Å²) >= 11 is 0. The van der Waals surface area contributed by atoms with Gasteiger partial charge < -0.3 is 9.84 Å². The number of ether oxygens (including phenoxy) is 1. The molecule has 6 heteroatoms. The van der Waals surface area contributed by atoms with Crippen LogP contribution in [0.25, 0.3) is 0 Å². The minimum atomic E-state index is -1.29. The van der Waals surface area contributed by atoms with Crippen LogP contribution in [0.15, 0.2) is 53.4 Å². The molecule has 0 saturated carbocycles. The van der Waals surface area contributed by atoms with Crippen molar-refractivity contribution in [1.82, 2.24) is 0 Å². The summed E-state index contributed by atoms with van der Waals surface area (Å²) in [5.41, 5.74) is 0.132. The molecule has 0 heterocycles. The second kappa shape index (κ2) is 6.99. The van der Waals surface area contributed by atoms with E-state index in [1.54, 1.807) is 12.1 Å². The summed E-state index contributed by atoms with van der Waals surface area (Å²) in [7, 11) is -1.29. The maximum atomic E-state index is 12.8. The van der Waals surface area contributed by atoms with Crippen LogP contribution in [0.1, 0.15) is 10.4 Å². The zero-order valence-electron chi connectivity index (χ0n) is 11.0. The van der Waals surface area contributed by atoms with Gasteiger partial charge in [0.25, 0.3) is 0 Å². The number of carbonyl (C=O) groups is 1. The van der Waals surface area contributed by atoms with E-state index in [-0.39, 0.29) is 23.7 Å². The van der Waals surface area contributed by atoms with Gasteiger partial charge in [-0.3, -0.25) is 4.21 Å². The Morgan fingerprint density at radius 1 is 1.19 bits per heavy atom. The first-order chi connectivity index (χ1) is 10.1. The van der Waals surface area contributed by atoms with Crippen molar-refractivity contribution in [3.05, 3.63) is 59.9 Å². The Bertz CT molecular complexity index is 655. The molecule has 2 aromatic carbocycles. The number of halogens is 1. The molecule has 0 aliphatic rings. The van der Waals surface area contributed by atoms with Crippen LogP contribution in [0.3, 0.4) is 0 Å². The van der Waals surface area contributed by atoms with Crippen molar-refractivity contribution in [2.45, 2.75) is 4.90 Å². The fourth-order valence-electron chi connectivity index (χ4n) is 1.66. The van der Waals surface area contributed by atoms with Crippen molar-refractivity contribution in [1.29, 1.82) is 0 Å². The summed E-state index contributed by atoms with van der Waals surface area (Å²) in [4.78, 5) is 11.3. The Morgan fingerprint density at radius 3 is 2.57 bits per heavy atom. The first-order valence-electron chi connectivity index (χ1n) is 6.16. The third-order valence-corrected chi connectivity index (χ3v) is 4.03. The summed E-state index contributed by atoms with van der Waals surface area (Å²) in [5.74, 6) is -0.762. The van der Waals surface area contributed by atoms with Crippen molar-refractivity contribution < 1.29 is 23.2 Å². The highest BCUT2D eigenvalue weighted by molar-refractivity contribution is 7.85. The maximum absolute atomic E-state index is 12.8. The normalized spacial score (nSPS) is 11.9. The first kappa shape index (κ1) is 15.2. The van der Waals surface area contributed by atoms with Crippen molar-refractivity contribution >= 4 is 16.8 Å². The van der Waals surface area contributed by atoms with Crippen molar-refractivity contribution in [2.24, 2.45) is 0 Å². The van der Waals surface area contributed by atoms with Gasteiger partial charge in [-0.2, -0.15) is 0 Å². The summed E-state index contributed by atoms with van der Waals surface area (Å²) in [6.07, 6.45) is 0. The average molecular weight is 308 g/mol. The molecule has 1 atom stereocenters. The number of hydrogen-bond donors (Lipinski definition) is 1. The molecule has 21 heavy (non-hydrogen) atoms. The lowest BCUT2D eigenvalue weighted by Gasteiger charge is -2.07. The average Bonchev–Trinajstić information content (AvgIpc) is 2.48. The van der Waals surface area contributed by atoms with E-state index in [1.807, 2.05) is 0 Å². The van der Waals surface area contributed by atoms with Gasteiger partial charge in [0, 0.05) is 4.90 Å². The van der Waals surface area contributed by atoms with Crippen LogP contribution in [0.2, 0.25) is 0 Å². The Labute approximate surface area is 123 Å². The smallest absolute Gasteiger partial charge is 0.335 e. The molecule has 0 radical (unpaired) electrons. The minimum Gasteiger partial charge on any atom is -0.493 e. The molecular formula is C15H13FO4S. The van der Waals surface area contributed by atoms with Crippen LogP contribution in [0.5, 0.6) is 5.75 Å². The van der Waals surface area contributed by atoms with Gasteiger partial charge in [0.15, 0.2) is 0 Å². The van der Waals surface area contributed by atoms with Crippen molar-refractivity contribution in [3.63, 3.8) is 0 Å². The van der Waals surface area contributed by atoms with Crippen molar-refractivity contribution in [2.75, 3.05) is 12.4 Å². The van der Waals surface area contributed by atoms with Gasteiger partial charge >= 0.3 is 5.97 Å². The van der Waals surface area contributed by atoms with Gasteiger partial charge in [-0.25, -0.2) is 9.18 Å². The molecule has 0 aliphatic carbocycles. The van der Waals surface area contributed by atoms with E-state index in [4.69, 9.17) is 9.84 Å². The third-order valence-electron chi connectivity index (χ3n) is 2.69. The number of aromatic carboxylic acids is 1. The van der Waals surface area contributed by atoms with Crippen LogP contribution < -0.4 is 4.74 Å².